The van der Waals surface area contributed by atoms with Crippen molar-refractivity contribution in [1.29, 1.82) is 0 Å². The van der Waals surface area contributed by atoms with Gasteiger partial charge in [-0.15, -0.1) is 20.2 Å². The molecule has 0 fully saturated rings. The fourth-order valence-corrected chi connectivity index (χ4v) is 2.00. The van der Waals surface area contributed by atoms with Crippen molar-refractivity contribution in [2.75, 3.05) is 0 Å². The Kier molecular flexibility index (Phi) is 6.66. The van der Waals surface area contributed by atoms with E-state index in [1.807, 2.05) is 24.3 Å². The third kappa shape index (κ3) is 6.83. The van der Waals surface area contributed by atoms with Gasteiger partial charge in [0.1, 0.15) is 13.2 Å². The average molecular weight is 348 g/mol. The van der Waals surface area contributed by atoms with Gasteiger partial charge in [0.25, 0.3) is 10.2 Å². The van der Waals surface area contributed by atoms with Gasteiger partial charge in [-0.3, -0.25) is 0 Å². The molecular weight excluding hydrogens is 332 g/mol. The van der Waals surface area contributed by atoms with E-state index in [9.17, 15) is 20.2 Å². The van der Waals surface area contributed by atoms with E-state index in [4.69, 9.17) is 4.74 Å². The molecule has 0 aliphatic rings. The summed E-state index contributed by atoms with van der Waals surface area (Å²) in [5, 5.41) is 18.6. The highest BCUT2D eigenvalue weighted by Gasteiger charge is 2.01. The average Bonchev–Trinajstić information content (AvgIpc) is 2.60. The monoisotopic (exact) mass is 348 g/mol. The molecule has 0 saturated heterocycles. The zero-order valence-electron chi connectivity index (χ0n) is 13.2. The van der Waals surface area contributed by atoms with Crippen LogP contribution in [-0.2, 0) is 40.8 Å². The normalized spacial score (nSPS) is 10.2. The van der Waals surface area contributed by atoms with Gasteiger partial charge in [0, 0.05) is 0 Å². The molecule has 0 radical (unpaired) electrons. The van der Waals surface area contributed by atoms with Crippen molar-refractivity contribution >= 4 is 0 Å². The lowest BCUT2D eigenvalue weighted by atomic mass is 10.1. The Hall–Kier alpha value is -3.20. The highest BCUT2D eigenvalue weighted by atomic mass is 17.0. The van der Waals surface area contributed by atoms with Crippen molar-refractivity contribution < 1.29 is 24.6 Å². The van der Waals surface area contributed by atoms with Gasteiger partial charge in [0.15, 0.2) is 0 Å². The summed E-state index contributed by atoms with van der Waals surface area (Å²) >= 11 is 0. The van der Waals surface area contributed by atoms with E-state index in [0.29, 0.717) is 24.3 Å². The SMILES string of the molecule is O=[N+]([O-])OCc1ccc(COCc2ccc(CO[N+](=O)[O-])cc2)cc1. The predicted octanol–water partition coefficient (Wildman–Crippen LogP) is 2.82. The predicted molar refractivity (Wildman–Crippen MR) is 84.9 cm³/mol. The minimum Gasteiger partial charge on any atom is -0.372 e. The standard InChI is InChI=1S/C16H16N2O7/c19-17(20)24-11-15-5-1-13(2-6-15)9-23-10-14-3-7-16(8-4-14)12-25-18(21)22/h1-8H,9-12H2. The maximum absolute atomic E-state index is 10.1. The fourth-order valence-electron chi connectivity index (χ4n) is 2.00. The lowest BCUT2D eigenvalue weighted by Gasteiger charge is -2.07. The number of nitrogens with zero attached hydrogens (tertiary/aromatic N) is 2. The third-order valence-corrected chi connectivity index (χ3v) is 3.26. The van der Waals surface area contributed by atoms with Gasteiger partial charge >= 0.3 is 0 Å². The Morgan fingerprint density at radius 3 is 1.16 bits per heavy atom. The van der Waals surface area contributed by atoms with Gasteiger partial charge in [0.2, 0.25) is 0 Å². The summed E-state index contributed by atoms with van der Waals surface area (Å²) in [5.74, 6) is 0. The van der Waals surface area contributed by atoms with Crippen LogP contribution in [0.15, 0.2) is 48.5 Å². The molecule has 9 nitrogen and oxygen atoms in total. The first kappa shape index (κ1) is 18.1. The van der Waals surface area contributed by atoms with Crippen LogP contribution < -0.4 is 0 Å². The molecule has 9 heteroatoms. The molecule has 0 bridgehead atoms. The second-order valence-corrected chi connectivity index (χ2v) is 5.12. The van der Waals surface area contributed by atoms with E-state index in [2.05, 4.69) is 9.68 Å². The topological polar surface area (TPSA) is 114 Å². The summed E-state index contributed by atoms with van der Waals surface area (Å²) in [5.41, 5.74) is 3.27. The lowest BCUT2D eigenvalue weighted by Crippen LogP contribution is -2.01. The van der Waals surface area contributed by atoms with Gasteiger partial charge in [-0.05, 0) is 22.3 Å². The van der Waals surface area contributed by atoms with Gasteiger partial charge < -0.3 is 14.4 Å². The van der Waals surface area contributed by atoms with Crippen molar-refractivity contribution in [3.63, 3.8) is 0 Å². The van der Waals surface area contributed by atoms with E-state index in [0.717, 1.165) is 11.1 Å². The molecule has 2 rings (SSSR count). The zero-order valence-corrected chi connectivity index (χ0v) is 13.2. The minimum absolute atomic E-state index is 0.0827. The maximum atomic E-state index is 10.1. The molecule has 132 valence electrons. The van der Waals surface area contributed by atoms with Gasteiger partial charge in [0.05, 0.1) is 13.2 Å². The first-order valence-electron chi connectivity index (χ1n) is 7.31. The van der Waals surface area contributed by atoms with E-state index in [1.54, 1.807) is 24.3 Å². The largest absolute Gasteiger partial charge is 0.372 e. The fraction of sp³-hybridized carbons (Fsp3) is 0.250. The number of rotatable bonds is 10. The Morgan fingerprint density at radius 2 is 0.880 bits per heavy atom. The molecule has 0 aromatic heterocycles. The van der Waals surface area contributed by atoms with Crippen molar-refractivity contribution in [3.8, 4) is 0 Å². The highest BCUT2D eigenvalue weighted by Crippen LogP contribution is 2.10. The molecule has 0 heterocycles. The molecule has 0 N–H and O–H groups in total. The van der Waals surface area contributed by atoms with Crippen LogP contribution in [0.1, 0.15) is 22.3 Å². The molecule has 0 amide bonds. The van der Waals surface area contributed by atoms with Crippen molar-refractivity contribution in [1.82, 2.24) is 0 Å². The third-order valence-electron chi connectivity index (χ3n) is 3.26. The zero-order chi connectivity index (χ0) is 18.1. The number of benzene rings is 2. The summed E-state index contributed by atoms with van der Waals surface area (Å²) in [6.45, 7) is 0.617. The first-order chi connectivity index (χ1) is 12.0. The molecule has 0 spiro atoms. The summed E-state index contributed by atoms with van der Waals surface area (Å²) < 4.78 is 5.60. The Morgan fingerprint density at radius 1 is 0.600 bits per heavy atom. The minimum atomic E-state index is -0.828. The molecule has 2 aromatic carbocycles. The van der Waals surface area contributed by atoms with Crippen molar-refractivity contribution in [2.45, 2.75) is 26.4 Å². The molecule has 0 aliphatic carbocycles. The number of hydrogen-bond donors (Lipinski definition) is 0. The molecule has 0 unspecified atom stereocenters. The molecule has 25 heavy (non-hydrogen) atoms. The maximum Gasteiger partial charge on any atom is 0.294 e. The molecule has 2 aromatic rings. The van der Waals surface area contributed by atoms with Crippen LogP contribution in [-0.4, -0.2) is 10.2 Å². The summed E-state index contributed by atoms with van der Waals surface area (Å²) in [6.07, 6.45) is 0. The quantitative estimate of drug-likeness (QED) is 0.479. The van der Waals surface area contributed by atoms with Crippen molar-refractivity contribution in [2.24, 2.45) is 0 Å². The molecule has 0 aliphatic heterocycles. The molecule has 0 saturated carbocycles. The highest BCUT2D eigenvalue weighted by molar-refractivity contribution is 5.22. The summed E-state index contributed by atoms with van der Waals surface area (Å²) in [7, 11) is 0. The van der Waals surface area contributed by atoms with Crippen molar-refractivity contribution in [3.05, 3.63) is 91.0 Å². The second-order valence-electron chi connectivity index (χ2n) is 5.12. The van der Waals surface area contributed by atoms with Crippen LogP contribution in [0, 0.1) is 20.2 Å². The van der Waals surface area contributed by atoms with Gasteiger partial charge in [-0.1, -0.05) is 48.5 Å². The Balaban J connectivity index is 1.74. The van der Waals surface area contributed by atoms with Gasteiger partial charge in [-0.2, -0.15) is 0 Å². The van der Waals surface area contributed by atoms with E-state index in [1.165, 1.54) is 0 Å². The van der Waals surface area contributed by atoms with E-state index in [-0.39, 0.29) is 13.2 Å². The molecule has 0 atom stereocenters. The van der Waals surface area contributed by atoms with Crippen LogP contribution >= 0.6 is 0 Å². The van der Waals surface area contributed by atoms with Gasteiger partial charge in [-0.25, -0.2) is 0 Å². The van der Waals surface area contributed by atoms with Crippen LogP contribution in [0.25, 0.3) is 0 Å². The number of hydrogen-bond acceptors (Lipinski definition) is 7. The van der Waals surface area contributed by atoms with Crippen LogP contribution in [0.4, 0.5) is 0 Å². The van der Waals surface area contributed by atoms with E-state index >= 15 is 0 Å². The molecular formula is C16H16N2O7. The van der Waals surface area contributed by atoms with E-state index < -0.39 is 10.2 Å². The van der Waals surface area contributed by atoms with Crippen LogP contribution in [0.2, 0.25) is 0 Å². The van der Waals surface area contributed by atoms with Crippen LogP contribution in [0.5, 0.6) is 0 Å². The lowest BCUT2D eigenvalue weighted by molar-refractivity contribution is -0.763. The number of ether oxygens (including phenoxy) is 1. The summed E-state index contributed by atoms with van der Waals surface area (Å²) in [4.78, 5) is 28.8. The smallest absolute Gasteiger partial charge is 0.294 e. The summed E-state index contributed by atoms with van der Waals surface area (Å²) in [6, 6.07) is 14.2. The first-order valence-corrected chi connectivity index (χ1v) is 7.31. The van der Waals surface area contributed by atoms with Crippen LogP contribution in [0.3, 0.4) is 0 Å². The Labute approximate surface area is 143 Å². The Bertz CT molecular complexity index is 640. The second kappa shape index (κ2) is 9.18.